The molecule has 0 aliphatic carbocycles. The van der Waals surface area contributed by atoms with Gasteiger partial charge in [0.05, 0.1) is 18.1 Å². The molecule has 4 nitrogen and oxygen atoms in total. The van der Waals surface area contributed by atoms with E-state index in [2.05, 4.69) is 16.7 Å². The molecule has 0 N–H and O–H groups in total. The molecule has 8 heteroatoms. The molecule has 3 rings (SSSR count). The van der Waals surface area contributed by atoms with Crippen molar-refractivity contribution in [3.05, 3.63) is 48.0 Å². The van der Waals surface area contributed by atoms with Gasteiger partial charge in [0.1, 0.15) is 10.8 Å². The van der Waals surface area contributed by atoms with Gasteiger partial charge in [-0.25, -0.2) is 4.98 Å². The van der Waals surface area contributed by atoms with Crippen LogP contribution in [0.15, 0.2) is 37.3 Å². The van der Waals surface area contributed by atoms with Crippen molar-refractivity contribution in [1.82, 2.24) is 19.3 Å². The zero-order valence-electron chi connectivity index (χ0n) is 11.4. The van der Waals surface area contributed by atoms with Crippen molar-refractivity contribution in [2.45, 2.75) is 13.2 Å². The van der Waals surface area contributed by atoms with Crippen molar-refractivity contribution in [2.24, 2.45) is 0 Å². The summed E-state index contributed by atoms with van der Waals surface area (Å²) in [6, 6.07) is 3.43. The van der Waals surface area contributed by atoms with Crippen molar-refractivity contribution in [1.29, 1.82) is 0 Å². The maximum absolute atomic E-state index is 12.6. The number of hydrogen-bond acceptors (Lipinski definition) is 2. The molecule has 3 aromatic rings. The maximum atomic E-state index is 12.6. The first kappa shape index (κ1) is 14.6. The van der Waals surface area contributed by atoms with Gasteiger partial charge in [-0.2, -0.15) is 9.78 Å². The Morgan fingerprint density at radius 2 is 2.09 bits per heavy atom. The summed E-state index contributed by atoms with van der Waals surface area (Å²) in [4.78, 5) is 4.20. The number of aromatic nitrogens is 4. The van der Waals surface area contributed by atoms with Crippen LogP contribution in [0.25, 0.3) is 22.3 Å². The topological polar surface area (TPSA) is 35.6 Å². The highest BCUT2D eigenvalue weighted by Gasteiger charge is 2.31. The van der Waals surface area contributed by atoms with E-state index >= 15 is 0 Å². The number of rotatable bonds is 2. The third-order valence-electron chi connectivity index (χ3n) is 3.19. The van der Waals surface area contributed by atoms with Crippen molar-refractivity contribution in [3.8, 4) is 5.69 Å². The lowest BCUT2D eigenvalue weighted by atomic mass is 10.1. The SMILES string of the molecule is C=C(C)c1cc(Cl)nc2c1ccn2-c1cnn(C(F)(F)F)c1. The van der Waals surface area contributed by atoms with E-state index in [9.17, 15) is 13.2 Å². The third kappa shape index (κ3) is 2.37. The van der Waals surface area contributed by atoms with Crippen LogP contribution in [-0.2, 0) is 6.30 Å². The molecule has 0 atom stereocenters. The zero-order chi connectivity index (χ0) is 16.1. The van der Waals surface area contributed by atoms with E-state index in [1.165, 1.54) is 4.57 Å². The van der Waals surface area contributed by atoms with Crippen LogP contribution in [0.3, 0.4) is 0 Å². The number of nitrogens with zero attached hydrogens (tertiary/aromatic N) is 4. The second-order valence-corrected chi connectivity index (χ2v) is 5.19. The Balaban J connectivity index is 2.20. The lowest BCUT2D eigenvalue weighted by Crippen LogP contribution is -2.16. The monoisotopic (exact) mass is 326 g/mol. The van der Waals surface area contributed by atoms with Gasteiger partial charge in [-0.05, 0) is 24.6 Å². The largest absolute Gasteiger partial charge is 0.504 e. The highest BCUT2D eigenvalue weighted by Crippen LogP contribution is 2.29. The Morgan fingerprint density at radius 3 is 2.68 bits per heavy atom. The van der Waals surface area contributed by atoms with Gasteiger partial charge >= 0.3 is 6.30 Å². The van der Waals surface area contributed by atoms with E-state index in [4.69, 9.17) is 11.6 Å². The van der Waals surface area contributed by atoms with Crippen LogP contribution in [-0.4, -0.2) is 19.3 Å². The van der Waals surface area contributed by atoms with Crippen LogP contribution in [0.1, 0.15) is 12.5 Å². The molecule has 114 valence electrons. The van der Waals surface area contributed by atoms with Crippen molar-refractivity contribution < 1.29 is 13.2 Å². The molecule has 0 amide bonds. The summed E-state index contributed by atoms with van der Waals surface area (Å²) < 4.78 is 39.3. The van der Waals surface area contributed by atoms with Gasteiger partial charge in [0.2, 0.25) is 0 Å². The fourth-order valence-corrected chi connectivity index (χ4v) is 2.41. The molecule has 0 aromatic carbocycles. The maximum Gasteiger partial charge on any atom is 0.504 e. The molecule has 0 aliphatic rings. The Hall–Kier alpha value is -2.28. The number of hydrogen-bond donors (Lipinski definition) is 0. The Morgan fingerprint density at radius 1 is 1.36 bits per heavy atom. The number of pyridine rings is 1. The normalized spacial score (nSPS) is 12.0. The van der Waals surface area contributed by atoms with Crippen LogP contribution >= 0.6 is 11.6 Å². The van der Waals surface area contributed by atoms with Gasteiger partial charge in [0.25, 0.3) is 0 Å². The first-order valence-electron chi connectivity index (χ1n) is 6.23. The molecule has 22 heavy (non-hydrogen) atoms. The van der Waals surface area contributed by atoms with Crippen molar-refractivity contribution in [2.75, 3.05) is 0 Å². The quantitative estimate of drug-likeness (QED) is 0.655. The second-order valence-electron chi connectivity index (χ2n) is 4.81. The van der Waals surface area contributed by atoms with E-state index in [-0.39, 0.29) is 15.5 Å². The molecular weight excluding hydrogens is 317 g/mol. The molecule has 0 aliphatic heterocycles. The molecular formula is C14H10ClF3N4. The molecule has 0 radical (unpaired) electrons. The van der Waals surface area contributed by atoms with Crippen LogP contribution in [0.2, 0.25) is 5.15 Å². The van der Waals surface area contributed by atoms with E-state index in [0.29, 0.717) is 5.65 Å². The summed E-state index contributed by atoms with van der Waals surface area (Å²) in [5.41, 5.74) is 2.29. The van der Waals surface area contributed by atoms with Crippen LogP contribution in [0.4, 0.5) is 13.2 Å². The molecule has 3 heterocycles. The van der Waals surface area contributed by atoms with E-state index in [0.717, 1.165) is 28.9 Å². The van der Waals surface area contributed by atoms with Crippen LogP contribution in [0.5, 0.6) is 0 Å². The van der Waals surface area contributed by atoms with Crippen LogP contribution < -0.4 is 0 Å². The molecule has 0 spiro atoms. The number of alkyl halides is 3. The lowest BCUT2D eigenvalue weighted by Gasteiger charge is -2.06. The predicted molar refractivity (Wildman–Crippen MR) is 77.9 cm³/mol. The fraction of sp³-hybridized carbons (Fsp3) is 0.143. The number of halogens is 4. The number of allylic oxidation sites excluding steroid dienone is 1. The highest BCUT2D eigenvalue weighted by atomic mass is 35.5. The van der Waals surface area contributed by atoms with E-state index in [1.54, 1.807) is 18.3 Å². The standard InChI is InChI=1S/C14H10ClF3N4/c1-8(2)11-5-12(15)20-13-10(11)3-4-21(13)9-6-19-22(7-9)14(16,17)18/h3-7H,1H2,2H3. The minimum absolute atomic E-state index is 0.0572. The van der Waals surface area contributed by atoms with Gasteiger partial charge < -0.3 is 0 Å². The lowest BCUT2D eigenvalue weighted by molar-refractivity contribution is -0.212. The molecule has 0 saturated heterocycles. The summed E-state index contributed by atoms with van der Waals surface area (Å²) in [6.45, 7) is 5.70. The fourth-order valence-electron chi connectivity index (χ4n) is 2.22. The Labute approximate surface area is 128 Å². The predicted octanol–water partition coefficient (Wildman–Crippen LogP) is 4.38. The summed E-state index contributed by atoms with van der Waals surface area (Å²) in [5.74, 6) is 0. The molecule has 0 unspecified atom stereocenters. The first-order valence-corrected chi connectivity index (χ1v) is 6.61. The number of fused-ring (bicyclic) bond motifs is 1. The average molecular weight is 327 g/mol. The summed E-state index contributed by atoms with van der Waals surface area (Å²) in [7, 11) is 0. The minimum Gasteiger partial charge on any atom is -0.298 e. The van der Waals surface area contributed by atoms with E-state index < -0.39 is 6.30 Å². The van der Waals surface area contributed by atoms with Gasteiger partial charge in [-0.1, -0.05) is 23.8 Å². The van der Waals surface area contributed by atoms with Gasteiger partial charge in [-0.3, -0.25) is 4.57 Å². The van der Waals surface area contributed by atoms with Crippen molar-refractivity contribution in [3.63, 3.8) is 0 Å². The average Bonchev–Trinajstić information content (AvgIpc) is 3.01. The summed E-state index contributed by atoms with van der Waals surface area (Å²) >= 11 is 6.00. The van der Waals surface area contributed by atoms with Gasteiger partial charge in [0.15, 0.2) is 0 Å². The second kappa shape index (κ2) is 4.88. The molecule has 0 saturated carbocycles. The zero-order valence-corrected chi connectivity index (χ0v) is 12.2. The molecule has 0 bridgehead atoms. The Bertz CT molecular complexity index is 876. The molecule has 0 fully saturated rings. The van der Waals surface area contributed by atoms with Gasteiger partial charge in [-0.15, -0.1) is 13.2 Å². The first-order chi connectivity index (χ1) is 10.3. The minimum atomic E-state index is -4.56. The summed E-state index contributed by atoms with van der Waals surface area (Å²) in [6.07, 6.45) is -0.925. The Kier molecular flexibility index (Phi) is 3.25. The summed E-state index contributed by atoms with van der Waals surface area (Å²) in [5, 5.41) is 4.33. The smallest absolute Gasteiger partial charge is 0.298 e. The van der Waals surface area contributed by atoms with Gasteiger partial charge in [0, 0.05) is 11.6 Å². The highest BCUT2D eigenvalue weighted by molar-refractivity contribution is 6.30. The molecule has 3 aromatic heterocycles. The van der Waals surface area contributed by atoms with Crippen LogP contribution in [0, 0.1) is 0 Å². The van der Waals surface area contributed by atoms with E-state index in [1.807, 2.05) is 6.92 Å². The third-order valence-corrected chi connectivity index (χ3v) is 3.39. The van der Waals surface area contributed by atoms with Crippen molar-refractivity contribution >= 4 is 28.2 Å².